The maximum Gasteiger partial charge on any atom is 0.331 e. The lowest BCUT2D eigenvalue weighted by atomic mass is 10.3. The molecule has 0 bridgehead atoms. The molecule has 0 aliphatic carbocycles. The summed E-state index contributed by atoms with van der Waals surface area (Å²) in [4.78, 5) is 23.0. The molecule has 1 rings (SSSR count). The van der Waals surface area contributed by atoms with Gasteiger partial charge in [0.2, 0.25) is 0 Å². The quantitative estimate of drug-likeness (QED) is 0.670. The molecule has 0 aliphatic rings. The zero-order chi connectivity index (χ0) is 15.1. The van der Waals surface area contributed by atoms with Crippen LogP contribution in [0.15, 0.2) is 30.4 Å². The van der Waals surface area contributed by atoms with E-state index in [-0.39, 0.29) is 10.7 Å². The van der Waals surface area contributed by atoms with Crippen molar-refractivity contribution in [1.82, 2.24) is 0 Å². The van der Waals surface area contributed by atoms with Crippen molar-refractivity contribution in [2.45, 2.75) is 26.4 Å². The maximum absolute atomic E-state index is 13.5. The summed E-state index contributed by atoms with van der Waals surface area (Å²) >= 11 is 5.60. The number of allylic oxidation sites excluding steroid dienone is 1. The second-order valence-electron chi connectivity index (χ2n) is 4.00. The van der Waals surface area contributed by atoms with Crippen LogP contribution < -0.4 is 5.32 Å². The highest BCUT2D eigenvalue weighted by Gasteiger charge is 2.18. The normalized spacial score (nSPS) is 12.2. The Balaban J connectivity index is 2.61. The van der Waals surface area contributed by atoms with E-state index >= 15 is 0 Å². The van der Waals surface area contributed by atoms with E-state index < -0.39 is 23.8 Å². The predicted molar refractivity (Wildman–Crippen MR) is 75.0 cm³/mol. The average molecular weight is 300 g/mol. The molecular weight excluding hydrogens is 285 g/mol. The van der Waals surface area contributed by atoms with Gasteiger partial charge in [-0.3, -0.25) is 4.79 Å². The molecule has 0 heterocycles. The molecule has 1 N–H and O–H groups in total. The Morgan fingerprint density at radius 2 is 2.20 bits per heavy atom. The number of esters is 1. The molecule has 0 spiro atoms. The van der Waals surface area contributed by atoms with Crippen molar-refractivity contribution in [3.63, 3.8) is 0 Å². The monoisotopic (exact) mass is 299 g/mol. The number of amides is 1. The van der Waals surface area contributed by atoms with Crippen LogP contribution in [0.5, 0.6) is 0 Å². The van der Waals surface area contributed by atoms with Crippen LogP contribution in [0, 0.1) is 5.82 Å². The highest BCUT2D eigenvalue weighted by Crippen LogP contribution is 2.19. The molecule has 6 heteroatoms. The van der Waals surface area contributed by atoms with Crippen molar-refractivity contribution in [2.24, 2.45) is 0 Å². The molecule has 0 aliphatic heterocycles. The van der Waals surface area contributed by atoms with Gasteiger partial charge in [-0.25, -0.2) is 9.18 Å². The van der Waals surface area contributed by atoms with Gasteiger partial charge in [-0.05, 0) is 31.5 Å². The summed E-state index contributed by atoms with van der Waals surface area (Å²) in [5.41, 5.74) is -0.0219. The van der Waals surface area contributed by atoms with Crippen LogP contribution in [0.3, 0.4) is 0 Å². The van der Waals surface area contributed by atoms with Gasteiger partial charge < -0.3 is 10.1 Å². The fourth-order valence-corrected chi connectivity index (χ4v) is 1.47. The first-order valence-electron chi connectivity index (χ1n) is 6.07. The number of hydrogen-bond acceptors (Lipinski definition) is 3. The maximum atomic E-state index is 13.5. The second-order valence-corrected chi connectivity index (χ2v) is 4.44. The van der Waals surface area contributed by atoms with Gasteiger partial charge in [0.05, 0.1) is 5.69 Å². The number of rotatable bonds is 5. The van der Waals surface area contributed by atoms with E-state index in [4.69, 9.17) is 16.3 Å². The molecule has 0 radical (unpaired) electrons. The smallest absolute Gasteiger partial charge is 0.331 e. The zero-order valence-corrected chi connectivity index (χ0v) is 11.9. The Bertz CT molecular complexity index is 531. The molecule has 20 heavy (non-hydrogen) atoms. The second kappa shape index (κ2) is 7.65. The van der Waals surface area contributed by atoms with Crippen LogP contribution in [-0.4, -0.2) is 18.0 Å². The molecule has 108 valence electrons. The highest BCUT2D eigenvalue weighted by molar-refractivity contribution is 6.30. The first-order chi connectivity index (χ1) is 9.43. The molecule has 1 amide bonds. The largest absolute Gasteiger partial charge is 0.449 e. The summed E-state index contributed by atoms with van der Waals surface area (Å²) in [6, 6.07) is 3.86. The standard InChI is InChI=1S/C14H15ClFNO3/c1-3-4-5-13(18)20-9(2)14(19)17-12-7-6-10(15)8-11(12)16/h4-9H,3H2,1-2H3,(H,17,19)/b5-4+/t9-/m1/s1. The van der Waals surface area contributed by atoms with E-state index in [1.54, 1.807) is 6.08 Å². The predicted octanol–water partition coefficient (Wildman–Crippen LogP) is 3.32. The minimum atomic E-state index is -1.03. The number of carbonyl (C=O) groups excluding carboxylic acids is 2. The van der Waals surface area contributed by atoms with Gasteiger partial charge in [0.15, 0.2) is 6.10 Å². The lowest BCUT2D eigenvalue weighted by molar-refractivity contribution is -0.148. The van der Waals surface area contributed by atoms with E-state index in [9.17, 15) is 14.0 Å². The number of nitrogens with one attached hydrogen (secondary N) is 1. The highest BCUT2D eigenvalue weighted by atomic mass is 35.5. The van der Waals surface area contributed by atoms with Crippen LogP contribution in [-0.2, 0) is 14.3 Å². The molecule has 0 saturated carbocycles. The van der Waals surface area contributed by atoms with E-state index in [1.165, 1.54) is 25.1 Å². The molecule has 0 aromatic heterocycles. The number of ether oxygens (including phenoxy) is 1. The summed E-state index contributed by atoms with van der Waals surface area (Å²) in [6.07, 6.45) is 2.52. The summed E-state index contributed by atoms with van der Waals surface area (Å²) in [7, 11) is 0. The van der Waals surface area contributed by atoms with Gasteiger partial charge in [-0.1, -0.05) is 24.6 Å². The van der Waals surface area contributed by atoms with E-state index in [1.807, 2.05) is 6.92 Å². The van der Waals surface area contributed by atoms with Crippen LogP contribution in [0.1, 0.15) is 20.3 Å². The summed E-state index contributed by atoms with van der Waals surface area (Å²) in [6.45, 7) is 3.27. The molecule has 1 aromatic rings. The summed E-state index contributed by atoms with van der Waals surface area (Å²) in [5.74, 6) is -1.90. The zero-order valence-electron chi connectivity index (χ0n) is 11.2. The minimum absolute atomic E-state index is 0.0219. The van der Waals surface area contributed by atoms with Crippen molar-refractivity contribution in [3.05, 3.63) is 41.2 Å². The SMILES string of the molecule is CC/C=C/C(=O)O[C@H](C)C(=O)Nc1ccc(Cl)cc1F. The first-order valence-corrected chi connectivity index (χ1v) is 6.45. The molecule has 1 atom stereocenters. The lowest BCUT2D eigenvalue weighted by Crippen LogP contribution is -2.29. The van der Waals surface area contributed by atoms with Crippen LogP contribution in [0.4, 0.5) is 10.1 Å². The van der Waals surface area contributed by atoms with Crippen molar-refractivity contribution in [2.75, 3.05) is 5.32 Å². The molecule has 1 aromatic carbocycles. The van der Waals surface area contributed by atoms with Crippen molar-refractivity contribution < 1.29 is 18.7 Å². The number of hydrogen-bond donors (Lipinski definition) is 1. The Hall–Kier alpha value is -1.88. The Morgan fingerprint density at radius 3 is 2.80 bits per heavy atom. The van der Waals surface area contributed by atoms with E-state index in [0.717, 1.165) is 6.07 Å². The molecule has 0 unspecified atom stereocenters. The number of anilines is 1. The Kier molecular flexibility index (Phi) is 6.18. The number of halogens is 2. The molecular formula is C14H15ClFNO3. The van der Waals surface area contributed by atoms with Crippen LogP contribution >= 0.6 is 11.6 Å². The lowest BCUT2D eigenvalue weighted by Gasteiger charge is -2.12. The van der Waals surface area contributed by atoms with Gasteiger partial charge in [0.25, 0.3) is 5.91 Å². The first kappa shape index (κ1) is 16.2. The molecule has 0 saturated heterocycles. The summed E-state index contributed by atoms with van der Waals surface area (Å²) < 4.78 is 18.3. The minimum Gasteiger partial charge on any atom is -0.449 e. The Morgan fingerprint density at radius 1 is 1.50 bits per heavy atom. The third-order valence-corrected chi connectivity index (χ3v) is 2.58. The third-order valence-electron chi connectivity index (χ3n) is 2.34. The van der Waals surface area contributed by atoms with Crippen LogP contribution in [0.25, 0.3) is 0 Å². The van der Waals surface area contributed by atoms with Gasteiger partial charge in [-0.2, -0.15) is 0 Å². The van der Waals surface area contributed by atoms with E-state index in [2.05, 4.69) is 5.32 Å². The van der Waals surface area contributed by atoms with Gasteiger partial charge in [0.1, 0.15) is 5.82 Å². The van der Waals surface area contributed by atoms with Gasteiger partial charge >= 0.3 is 5.97 Å². The van der Waals surface area contributed by atoms with Crippen molar-refractivity contribution in [1.29, 1.82) is 0 Å². The molecule has 4 nitrogen and oxygen atoms in total. The number of carbonyl (C=O) groups is 2. The topological polar surface area (TPSA) is 55.4 Å². The fourth-order valence-electron chi connectivity index (χ4n) is 1.31. The van der Waals surface area contributed by atoms with Crippen LogP contribution in [0.2, 0.25) is 5.02 Å². The third kappa shape index (κ3) is 5.01. The molecule has 0 fully saturated rings. The van der Waals surface area contributed by atoms with Gasteiger partial charge in [-0.15, -0.1) is 0 Å². The fraction of sp³-hybridized carbons (Fsp3) is 0.286. The Labute approximate surface area is 121 Å². The van der Waals surface area contributed by atoms with E-state index in [0.29, 0.717) is 6.42 Å². The van der Waals surface area contributed by atoms with Crippen molar-refractivity contribution in [3.8, 4) is 0 Å². The van der Waals surface area contributed by atoms with Gasteiger partial charge in [0, 0.05) is 11.1 Å². The number of benzene rings is 1. The average Bonchev–Trinajstić information content (AvgIpc) is 2.39. The van der Waals surface area contributed by atoms with Crippen molar-refractivity contribution >= 4 is 29.2 Å². The summed E-state index contributed by atoms with van der Waals surface area (Å²) in [5, 5.41) is 2.55.